The Morgan fingerprint density at radius 3 is 2.69 bits per heavy atom. The highest BCUT2D eigenvalue weighted by Gasteiger charge is 2.35. The van der Waals surface area contributed by atoms with Crippen molar-refractivity contribution >= 4 is 5.91 Å². The number of para-hydroxylation sites is 1. The summed E-state index contributed by atoms with van der Waals surface area (Å²) in [5.41, 5.74) is -1.23. The van der Waals surface area contributed by atoms with Crippen molar-refractivity contribution in [2.75, 3.05) is 19.7 Å². The molecule has 10 heteroatoms. The number of benzene rings is 1. The van der Waals surface area contributed by atoms with Crippen LogP contribution in [-0.4, -0.2) is 61.8 Å². The minimum atomic E-state index is -4.57. The summed E-state index contributed by atoms with van der Waals surface area (Å²) in [5, 5.41) is 26.4. The van der Waals surface area contributed by atoms with Crippen LogP contribution in [0.3, 0.4) is 0 Å². The average Bonchev–Trinajstić information content (AvgIpc) is 3.10. The number of carbonyl (C=O) groups is 1. The molecule has 0 saturated carbocycles. The van der Waals surface area contributed by atoms with Gasteiger partial charge >= 0.3 is 6.18 Å². The maximum Gasteiger partial charge on any atom is 0.418 e. The number of halogens is 3. The van der Waals surface area contributed by atoms with Gasteiger partial charge in [-0.05, 0) is 18.6 Å². The number of alkyl halides is 3. The summed E-state index contributed by atoms with van der Waals surface area (Å²) in [6.45, 7) is 0.163. The summed E-state index contributed by atoms with van der Waals surface area (Å²) in [7, 11) is 0. The van der Waals surface area contributed by atoms with Crippen molar-refractivity contribution in [2.45, 2.75) is 18.7 Å². The molecule has 1 fully saturated rings. The number of aliphatic hydroxyl groups is 2. The predicted molar refractivity (Wildman–Crippen MR) is 83.5 cm³/mol. The standard InChI is InChI=1S/C16H17F3N4O3/c17-16(18,19)11-3-1-2-4-13(11)23-7-12(20-21-23)15(26)22-6-5-10(9-24)14(25)8-22/h1-4,7,10,14,24-25H,5-6,8-9H2. The van der Waals surface area contributed by atoms with E-state index >= 15 is 0 Å². The van der Waals surface area contributed by atoms with Gasteiger partial charge in [0.1, 0.15) is 0 Å². The van der Waals surface area contributed by atoms with Gasteiger partial charge in [-0.15, -0.1) is 5.10 Å². The van der Waals surface area contributed by atoms with E-state index in [4.69, 9.17) is 5.11 Å². The maximum atomic E-state index is 13.1. The molecule has 0 radical (unpaired) electrons. The molecule has 2 N–H and O–H groups in total. The van der Waals surface area contributed by atoms with Crippen LogP contribution in [0.25, 0.3) is 5.69 Å². The fourth-order valence-corrected chi connectivity index (χ4v) is 2.93. The summed E-state index contributed by atoms with van der Waals surface area (Å²) >= 11 is 0. The normalized spacial score (nSPS) is 21.0. The lowest BCUT2D eigenvalue weighted by Crippen LogP contribution is -2.47. The van der Waals surface area contributed by atoms with E-state index in [0.717, 1.165) is 16.9 Å². The van der Waals surface area contributed by atoms with Crippen LogP contribution in [0.15, 0.2) is 30.5 Å². The van der Waals surface area contributed by atoms with Crippen molar-refractivity contribution in [3.05, 3.63) is 41.7 Å². The summed E-state index contributed by atoms with van der Waals surface area (Å²) in [6.07, 6.45) is -3.87. The summed E-state index contributed by atoms with van der Waals surface area (Å²) in [6, 6.07) is 4.86. The molecule has 0 spiro atoms. The van der Waals surface area contributed by atoms with Crippen molar-refractivity contribution in [3.63, 3.8) is 0 Å². The third-order valence-electron chi connectivity index (χ3n) is 4.41. The number of β-amino-alcohol motifs (C(OH)–C–C–N with tert-alkyl or cyclic N) is 1. The second-order valence-corrected chi connectivity index (χ2v) is 6.11. The molecule has 140 valence electrons. The number of carbonyl (C=O) groups excluding carboxylic acids is 1. The van der Waals surface area contributed by atoms with E-state index in [1.165, 1.54) is 23.1 Å². The number of rotatable bonds is 3. The molecule has 7 nitrogen and oxygen atoms in total. The Hall–Kier alpha value is -2.46. The van der Waals surface area contributed by atoms with Gasteiger partial charge in [-0.2, -0.15) is 13.2 Å². The van der Waals surface area contributed by atoms with E-state index in [1.54, 1.807) is 0 Å². The SMILES string of the molecule is O=C(c1cn(-c2ccccc2C(F)(F)F)nn1)N1CCC(CO)C(O)C1. The number of aromatic nitrogens is 3. The van der Waals surface area contributed by atoms with Crippen LogP contribution < -0.4 is 0 Å². The first-order valence-corrected chi connectivity index (χ1v) is 7.98. The number of aliphatic hydroxyl groups excluding tert-OH is 2. The van der Waals surface area contributed by atoms with Crippen molar-refractivity contribution < 1.29 is 28.2 Å². The summed E-state index contributed by atoms with van der Waals surface area (Å²) in [4.78, 5) is 13.8. The van der Waals surface area contributed by atoms with Crippen molar-refractivity contribution in [2.24, 2.45) is 5.92 Å². The van der Waals surface area contributed by atoms with Crippen molar-refractivity contribution in [1.29, 1.82) is 0 Å². The Bertz CT molecular complexity index is 793. The molecule has 3 rings (SSSR count). The molecule has 1 saturated heterocycles. The van der Waals surface area contributed by atoms with E-state index in [1.807, 2.05) is 0 Å². The van der Waals surface area contributed by atoms with E-state index in [9.17, 15) is 23.1 Å². The number of hydrogen-bond donors (Lipinski definition) is 2. The van der Waals surface area contributed by atoms with E-state index in [2.05, 4.69) is 10.3 Å². The molecule has 1 aromatic carbocycles. The third-order valence-corrected chi connectivity index (χ3v) is 4.41. The zero-order valence-corrected chi connectivity index (χ0v) is 13.6. The molecule has 2 aromatic rings. The zero-order chi connectivity index (χ0) is 18.9. The largest absolute Gasteiger partial charge is 0.418 e. The Labute approximate surface area is 146 Å². The monoisotopic (exact) mass is 370 g/mol. The first-order valence-electron chi connectivity index (χ1n) is 7.98. The minimum Gasteiger partial charge on any atom is -0.396 e. The maximum absolute atomic E-state index is 13.1. The second-order valence-electron chi connectivity index (χ2n) is 6.11. The van der Waals surface area contributed by atoms with Crippen molar-refractivity contribution in [3.8, 4) is 5.69 Å². The molecule has 2 unspecified atom stereocenters. The first-order chi connectivity index (χ1) is 12.3. The third kappa shape index (κ3) is 3.56. The van der Waals surface area contributed by atoms with Crippen LogP contribution in [-0.2, 0) is 6.18 Å². The van der Waals surface area contributed by atoms with Gasteiger partial charge in [0.25, 0.3) is 5.91 Å². The minimum absolute atomic E-state index is 0.0239. The summed E-state index contributed by atoms with van der Waals surface area (Å²) in [5.74, 6) is -0.829. The number of hydrogen-bond acceptors (Lipinski definition) is 5. The van der Waals surface area contributed by atoms with E-state index < -0.39 is 23.8 Å². The van der Waals surface area contributed by atoms with Crippen LogP contribution in [0.2, 0.25) is 0 Å². The second kappa shape index (κ2) is 7.04. The van der Waals surface area contributed by atoms with Gasteiger partial charge < -0.3 is 15.1 Å². The number of likely N-dealkylation sites (tertiary alicyclic amines) is 1. The Kier molecular flexibility index (Phi) is 4.97. The van der Waals surface area contributed by atoms with Gasteiger partial charge in [0.05, 0.1) is 23.6 Å². The molecule has 1 aliphatic rings. The molecule has 0 bridgehead atoms. The van der Waals surface area contributed by atoms with Gasteiger partial charge in [0.15, 0.2) is 5.69 Å². The van der Waals surface area contributed by atoms with Gasteiger partial charge in [-0.3, -0.25) is 4.79 Å². The number of nitrogens with zero attached hydrogens (tertiary/aromatic N) is 4. The Morgan fingerprint density at radius 1 is 1.31 bits per heavy atom. The highest BCUT2D eigenvalue weighted by Crippen LogP contribution is 2.33. The summed E-state index contributed by atoms with van der Waals surface area (Å²) < 4.78 is 40.3. The Balaban J connectivity index is 1.82. The van der Waals surface area contributed by atoms with E-state index in [0.29, 0.717) is 13.0 Å². The highest BCUT2D eigenvalue weighted by molar-refractivity contribution is 5.92. The lowest BCUT2D eigenvalue weighted by Gasteiger charge is -2.34. The van der Waals surface area contributed by atoms with Crippen molar-refractivity contribution in [1.82, 2.24) is 19.9 Å². The molecule has 2 heterocycles. The quantitative estimate of drug-likeness (QED) is 0.844. The van der Waals surface area contributed by atoms with Gasteiger partial charge in [0.2, 0.25) is 0 Å². The fourth-order valence-electron chi connectivity index (χ4n) is 2.93. The average molecular weight is 370 g/mol. The highest BCUT2D eigenvalue weighted by atomic mass is 19.4. The molecular formula is C16H17F3N4O3. The topological polar surface area (TPSA) is 91.5 Å². The lowest BCUT2D eigenvalue weighted by molar-refractivity contribution is -0.137. The molecule has 1 aliphatic heterocycles. The van der Waals surface area contributed by atoms with Crippen LogP contribution in [0.5, 0.6) is 0 Å². The molecule has 1 amide bonds. The number of amides is 1. The van der Waals surface area contributed by atoms with E-state index in [-0.39, 0.29) is 30.5 Å². The predicted octanol–water partition coefficient (Wildman–Crippen LogP) is 1.10. The molecule has 1 aromatic heterocycles. The van der Waals surface area contributed by atoms with Crippen LogP contribution in [0.4, 0.5) is 13.2 Å². The lowest BCUT2D eigenvalue weighted by atomic mass is 9.94. The molecule has 0 aliphatic carbocycles. The molecule has 2 atom stereocenters. The van der Waals surface area contributed by atoms with Gasteiger partial charge in [-0.1, -0.05) is 17.3 Å². The fraction of sp³-hybridized carbons (Fsp3) is 0.438. The number of piperidine rings is 1. The zero-order valence-electron chi connectivity index (χ0n) is 13.6. The first kappa shape index (κ1) is 18.3. The van der Waals surface area contributed by atoms with Crippen LogP contribution in [0, 0.1) is 5.92 Å². The molecule has 26 heavy (non-hydrogen) atoms. The van der Waals surface area contributed by atoms with Crippen LogP contribution >= 0.6 is 0 Å². The van der Waals surface area contributed by atoms with Gasteiger partial charge in [0, 0.05) is 25.6 Å². The molecular weight excluding hydrogens is 353 g/mol. The Morgan fingerprint density at radius 2 is 2.04 bits per heavy atom. The van der Waals surface area contributed by atoms with Crippen LogP contribution in [0.1, 0.15) is 22.5 Å². The smallest absolute Gasteiger partial charge is 0.396 e. The van der Waals surface area contributed by atoms with Gasteiger partial charge in [-0.25, -0.2) is 4.68 Å².